The first-order valence-corrected chi connectivity index (χ1v) is 9.85. The van der Waals surface area contributed by atoms with Crippen LogP contribution in [0.1, 0.15) is 44.7 Å². The largest absolute Gasteiger partial charge is 0.466 e. The van der Waals surface area contributed by atoms with Gasteiger partial charge in [0.25, 0.3) is 0 Å². The van der Waals surface area contributed by atoms with Crippen LogP contribution in [0.5, 0.6) is 0 Å². The number of nitrogens with one attached hydrogen (secondary N) is 1. The first-order chi connectivity index (χ1) is 13.0. The van der Waals surface area contributed by atoms with Gasteiger partial charge in [0, 0.05) is 26.7 Å². The molecule has 1 aromatic carbocycles. The zero-order valence-electron chi connectivity index (χ0n) is 17.4. The molecule has 1 aromatic rings. The molecule has 1 N–H and O–H groups in total. The summed E-state index contributed by atoms with van der Waals surface area (Å²) in [5.41, 5.74) is 2.37. The van der Waals surface area contributed by atoms with E-state index in [1.807, 2.05) is 20.8 Å². The van der Waals surface area contributed by atoms with Crippen molar-refractivity contribution in [2.75, 3.05) is 26.7 Å². The fraction of sp³-hybridized carbons (Fsp3) is 0.619. The number of ether oxygens (including phenoxy) is 2. The van der Waals surface area contributed by atoms with Crippen molar-refractivity contribution in [3.63, 3.8) is 0 Å². The number of benzene rings is 1. The van der Waals surface area contributed by atoms with Crippen molar-refractivity contribution in [1.82, 2.24) is 10.2 Å². The Morgan fingerprint density at radius 1 is 1.29 bits per heavy atom. The van der Waals surface area contributed by atoms with Crippen molar-refractivity contribution < 1.29 is 14.3 Å². The van der Waals surface area contributed by atoms with Gasteiger partial charge in [0.05, 0.1) is 25.2 Å². The first-order valence-electron chi connectivity index (χ1n) is 9.85. The lowest BCUT2D eigenvalue weighted by Crippen LogP contribution is -2.46. The van der Waals surface area contributed by atoms with Gasteiger partial charge in [-0.2, -0.15) is 0 Å². The maximum atomic E-state index is 11.9. The molecule has 1 saturated heterocycles. The number of esters is 1. The van der Waals surface area contributed by atoms with Crippen molar-refractivity contribution in [3.05, 3.63) is 35.4 Å². The second-order valence-corrected chi connectivity index (χ2v) is 7.09. The minimum Gasteiger partial charge on any atom is -0.466 e. The van der Waals surface area contributed by atoms with Crippen LogP contribution < -0.4 is 5.32 Å². The van der Waals surface area contributed by atoms with Crippen molar-refractivity contribution in [3.8, 4) is 0 Å². The molecule has 0 aromatic heterocycles. The number of aliphatic imine (C=N–C) groups is 1. The highest BCUT2D eigenvalue weighted by Crippen LogP contribution is 2.19. The number of halogens is 1. The second-order valence-electron chi connectivity index (χ2n) is 7.09. The average molecular weight is 503 g/mol. The molecule has 0 saturated carbocycles. The Bertz CT molecular complexity index is 629. The normalized spacial score (nSPS) is 15.3. The molecule has 7 heteroatoms. The van der Waals surface area contributed by atoms with Crippen LogP contribution in [0.3, 0.4) is 0 Å². The van der Waals surface area contributed by atoms with Crippen LogP contribution in [0, 0.1) is 5.92 Å². The Balaban J connectivity index is 0.00000392. The van der Waals surface area contributed by atoms with Gasteiger partial charge in [-0.3, -0.25) is 9.79 Å². The smallest absolute Gasteiger partial charge is 0.309 e. The monoisotopic (exact) mass is 503 g/mol. The van der Waals surface area contributed by atoms with Gasteiger partial charge in [-0.15, -0.1) is 24.0 Å². The number of carbonyl (C=O) groups excluding carboxylic acids is 1. The predicted octanol–water partition coefficient (Wildman–Crippen LogP) is 3.58. The van der Waals surface area contributed by atoms with Gasteiger partial charge in [-0.05, 0) is 44.7 Å². The van der Waals surface area contributed by atoms with Crippen LogP contribution in [0.25, 0.3) is 0 Å². The molecular weight excluding hydrogens is 469 g/mol. The van der Waals surface area contributed by atoms with Crippen molar-refractivity contribution in [2.45, 2.75) is 52.9 Å². The third kappa shape index (κ3) is 7.95. The topological polar surface area (TPSA) is 63.2 Å². The Morgan fingerprint density at radius 2 is 1.96 bits per heavy atom. The van der Waals surface area contributed by atoms with Crippen LogP contribution >= 0.6 is 24.0 Å². The number of likely N-dealkylation sites (tertiary alicyclic amines) is 1. The lowest BCUT2D eigenvalue weighted by molar-refractivity contribution is -0.149. The fourth-order valence-electron chi connectivity index (χ4n) is 3.19. The standard InChI is InChI=1S/C21H33N3O3.HI/c1-5-26-20(25)19-9-11-24(12-10-19)21(22-4)23-14-17-7-6-8-18(13-17)15-27-16(2)3;/h6-8,13,16,19H,5,9-12,14-15H2,1-4H3,(H,22,23);1H. The molecular formula is C21H34IN3O3. The Labute approximate surface area is 186 Å². The van der Waals surface area contributed by atoms with Gasteiger partial charge < -0.3 is 19.7 Å². The van der Waals surface area contributed by atoms with Crippen LogP contribution in [0.4, 0.5) is 0 Å². The molecule has 0 bridgehead atoms. The van der Waals surface area contributed by atoms with E-state index in [2.05, 4.69) is 39.5 Å². The molecule has 28 heavy (non-hydrogen) atoms. The average Bonchev–Trinajstić information content (AvgIpc) is 2.68. The molecule has 2 rings (SSSR count). The van der Waals surface area contributed by atoms with Gasteiger partial charge in [0.15, 0.2) is 5.96 Å². The number of piperidine rings is 1. The molecule has 1 fully saturated rings. The summed E-state index contributed by atoms with van der Waals surface area (Å²) in [5, 5.41) is 3.44. The molecule has 0 amide bonds. The number of rotatable bonds is 7. The van der Waals surface area contributed by atoms with E-state index in [1.165, 1.54) is 11.1 Å². The minimum atomic E-state index is -0.0690. The summed E-state index contributed by atoms with van der Waals surface area (Å²) in [6.45, 7) is 9.34. The van der Waals surface area contributed by atoms with Crippen molar-refractivity contribution >= 4 is 35.9 Å². The van der Waals surface area contributed by atoms with Crippen molar-refractivity contribution in [2.24, 2.45) is 10.9 Å². The maximum absolute atomic E-state index is 11.9. The van der Waals surface area contributed by atoms with E-state index in [0.29, 0.717) is 19.8 Å². The maximum Gasteiger partial charge on any atom is 0.309 e. The van der Waals surface area contributed by atoms with Gasteiger partial charge in [0.1, 0.15) is 0 Å². The highest BCUT2D eigenvalue weighted by atomic mass is 127. The summed E-state index contributed by atoms with van der Waals surface area (Å²) in [5.74, 6) is 0.818. The first kappa shape index (κ1) is 24.7. The van der Waals surface area contributed by atoms with Gasteiger partial charge in [-0.25, -0.2) is 0 Å². The molecule has 0 atom stereocenters. The van der Waals surface area contributed by atoms with E-state index in [4.69, 9.17) is 9.47 Å². The molecule has 6 nitrogen and oxygen atoms in total. The summed E-state index contributed by atoms with van der Waals surface area (Å²) >= 11 is 0. The molecule has 158 valence electrons. The quantitative estimate of drug-likeness (QED) is 0.267. The number of carbonyl (C=O) groups is 1. The second kappa shape index (κ2) is 13.0. The Kier molecular flexibility index (Phi) is 11.4. The fourth-order valence-corrected chi connectivity index (χ4v) is 3.19. The van der Waals surface area contributed by atoms with E-state index in [1.54, 1.807) is 7.05 Å². The summed E-state index contributed by atoms with van der Waals surface area (Å²) in [6, 6.07) is 8.41. The Hall–Kier alpha value is -1.35. The SMILES string of the molecule is CCOC(=O)C1CCN(C(=NC)NCc2cccc(COC(C)C)c2)CC1.I. The zero-order valence-corrected chi connectivity index (χ0v) is 19.8. The summed E-state index contributed by atoms with van der Waals surface area (Å²) in [4.78, 5) is 18.5. The predicted molar refractivity (Wildman–Crippen MR) is 123 cm³/mol. The number of guanidine groups is 1. The molecule has 0 radical (unpaired) electrons. The van der Waals surface area contributed by atoms with E-state index in [0.717, 1.165) is 31.9 Å². The van der Waals surface area contributed by atoms with E-state index in [9.17, 15) is 4.79 Å². The summed E-state index contributed by atoms with van der Waals surface area (Å²) in [6.07, 6.45) is 1.84. The number of hydrogen-bond donors (Lipinski definition) is 1. The van der Waals surface area contributed by atoms with Crippen LogP contribution in [-0.4, -0.2) is 49.7 Å². The van der Waals surface area contributed by atoms with Gasteiger partial charge >= 0.3 is 5.97 Å². The molecule has 0 unspecified atom stereocenters. The van der Waals surface area contributed by atoms with E-state index in [-0.39, 0.29) is 42.0 Å². The summed E-state index contributed by atoms with van der Waals surface area (Å²) in [7, 11) is 1.80. The van der Waals surface area contributed by atoms with Crippen molar-refractivity contribution in [1.29, 1.82) is 0 Å². The lowest BCUT2D eigenvalue weighted by Gasteiger charge is -2.33. The highest BCUT2D eigenvalue weighted by molar-refractivity contribution is 14.0. The Morgan fingerprint density at radius 3 is 2.57 bits per heavy atom. The highest BCUT2D eigenvalue weighted by Gasteiger charge is 2.27. The molecule has 1 aliphatic heterocycles. The van der Waals surface area contributed by atoms with E-state index < -0.39 is 0 Å². The summed E-state index contributed by atoms with van der Waals surface area (Å²) < 4.78 is 10.8. The lowest BCUT2D eigenvalue weighted by atomic mass is 9.97. The molecule has 0 aliphatic carbocycles. The number of hydrogen-bond acceptors (Lipinski definition) is 4. The van der Waals surface area contributed by atoms with Gasteiger partial charge in [-0.1, -0.05) is 24.3 Å². The zero-order chi connectivity index (χ0) is 19.6. The molecule has 1 heterocycles. The number of nitrogens with zero attached hydrogens (tertiary/aromatic N) is 2. The van der Waals surface area contributed by atoms with Gasteiger partial charge in [0.2, 0.25) is 0 Å². The van der Waals surface area contributed by atoms with Crippen LogP contribution in [0.15, 0.2) is 29.3 Å². The van der Waals surface area contributed by atoms with E-state index >= 15 is 0 Å². The molecule has 1 aliphatic rings. The third-order valence-electron chi connectivity index (χ3n) is 4.65. The van der Waals surface area contributed by atoms with Crippen LogP contribution in [0.2, 0.25) is 0 Å². The third-order valence-corrected chi connectivity index (χ3v) is 4.65. The minimum absolute atomic E-state index is 0. The molecule has 0 spiro atoms. The van der Waals surface area contributed by atoms with Crippen LogP contribution in [-0.2, 0) is 27.4 Å².